The minimum absolute atomic E-state index is 0.0503. The maximum atomic E-state index is 15.2. The SMILES string of the molecule is COc1ccc([Si](C)(C)[C@@H]2[C@@H](CC(=O)N3CCC[C@H]3CO)O[C@]3(C(=O)N(Cc4ccc(NC(=O)c5ccc(N)cc5)cc4)c4ccc(Br)cc43)[C@H]2C)cc1. The highest BCUT2D eigenvalue weighted by Crippen LogP contribution is 2.60. The van der Waals surface area contributed by atoms with Crippen molar-refractivity contribution in [3.05, 3.63) is 112 Å². The van der Waals surface area contributed by atoms with Crippen molar-refractivity contribution in [2.24, 2.45) is 5.92 Å². The fourth-order valence-corrected chi connectivity index (χ4v) is 13.4. The van der Waals surface area contributed by atoms with Gasteiger partial charge in [-0.05, 0) is 90.7 Å². The molecule has 5 atom stereocenters. The smallest absolute Gasteiger partial charge is 0.264 e. The van der Waals surface area contributed by atoms with Gasteiger partial charge in [-0.15, -0.1) is 0 Å². The second-order valence-electron chi connectivity index (χ2n) is 15.3. The van der Waals surface area contributed by atoms with Crippen molar-refractivity contribution in [1.29, 1.82) is 0 Å². The average Bonchev–Trinajstić information content (AvgIpc) is 3.83. The molecule has 0 unspecified atom stereocenters. The van der Waals surface area contributed by atoms with Crippen LogP contribution in [0.3, 0.4) is 0 Å². The van der Waals surface area contributed by atoms with Gasteiger partial charge >= 0.3 is 0 Å². The Labute approximate surface area is 325 Å². The molecule has 0 bridgehead atoms. The Balaban J connectivity index is 1.21. The van der Waals surface area contributed by atoms with Crippen LogP contribution in [0.15, 0.2) is 95.5 Å². The van der Waals surface area contributed by atoms with Gasteiger partial charge in [0.2, 0.25) is 5.91 Å². The number of aliphatic hydroxyl groups excluding tert-OH is 1. The third-order valence-electron chi connectivity index (χ3n) is 11.8. The molecule has 7 rings (SSSR count). The van der Waals surface area contributed by atoms with Crippen molar-refractivity contribution in [1.82, 2.24) is 4.90 Å². The molecule has 3 aliphatic rings. The highest BCUT2D eigenvalue weighted by Gasteiger charge is 2.66. The summed E-state index contributed by atoms with van der Waals surface area (Å²) in [5, 5.41) is 14.2. The summed E-state index contributed by atoms with van der Waals surface area (Å²) < 4.78 is 13.5. The van der Waals surface area contributed by atoms with Crippen LogP contribution in [0.5, 0.6) is 5.75 Å². The molecule has 3 aliphatic heterocycles. The second-order valence-corrected chi connectivity index (χ2v) is 20.9. The van der Waals surface area contributed by atoms with E-state index in [1.54, 1.807) is 41.2 Å². The molecule has 12 heteroatoms. The number of aliphatic hydroxyl groups is 1. The first kappa shape index (κ1) is 37.8. The molecule has 0 aliphatic carbocycles. The van der Waals surface area contributed by atoms with Crippen LogP contribution in [-0.4, -0.2) is 68.2 Å². The Kier molecular flexibility index (Phi) is 10.5. The number of methoxy groups -OCH3 is 1. The zero-order chi connectivity index (χ0) is 38.4. The highest BCUT2D eigenvalue weighted by atomic mass is 79.9. The van der Waals surface area contributed by atoms with Crippen molar-refractivity contribution in [3.63, 3.8) is 0 Å². The van der Waals surface area contributed by atoms with Crippen LogP contribution in [0, 0.1) is 5.92 Å². The predicted molar refractivity (Wildman–Crippen MR) is 217 cm³/mol. The summed E-state index contributed by atoms with van der Waals surface area (Å²) in [7, 11) is -0.816. The summed E-state index contributed by atoms with van der Waals surface area (Å²) in [6.07, 6.45) is 1.22. The summed E-state index contributed by atoms with van der Waals surface area (Å²) in [5.74, 6) is 0.0434. The number of carbonyl (C=O) groups is 3. The van der Waals surface area contributed by atoms with Crippen molar-refractivity contribution in [3.8, 4) is 5.75 Å². The van der Waals surface area contributed by atoms with Crippen LogP contribution in [0.2, 0.25) is 18.6 Å². The molecule has 0 saturated carbocycles. The van der Waals surface area contributed by atoms with Gasteiger partial charge in [-0.3, -0.25) is 14.4 Å². The standard InChI is InChI=1S/C42H47BrN4O6Si/c1-26-39(54(3,4)34-18-16-33(52-2)17-19-34)37(23-38(49)46-21-5-6-32(46)25-48)53-42(26)35-22-29(43)11-20-36(35)47(41(42)51)24-27-7-14-31(15-8-27)45-40(50)28-9-12-30(44)13-10-28/h7-20,22,26,32,37,39,48H,5-6,21,23-25,44H2,1-4H3,(H,45,50)/t26-,32-,37+,39-,42+/m0/s1. The maximum Gasteiger partial charge on any atom is 0.264 e. The molecule has 3 amide bonds. The summed E-state index contributed by atoms with van der Waals surface area (Å²) in [6, 6.07) is 28.1. The van der Waals surface area contributed by atoms with Crippen LogP contribution in [0.25, 0.3) is 0 Å². The number of likely N-dealkylation sites (tertiary alicyclic amines) is 1. The Bertz CT molecular complexity index is 2040. The van der Waals surface area contributed by atoms with Crippen LogP contribution >= 0.6 is 15.9 Å². The number of rotatable bonds is 10. The zero-order valence-electron chi connectivity index (χ0n) is 31.1. The topological polar surface area (TPSA) is 134 Å². The van der Waals surface area contributed by atoms with E-state index in [2.05, 4.69) is 53.4 Å². The third-order valence-corrected chi connectivity index (χ3v) is 16.7. The molecule has 2 fully saturated rings. The Morgan fingerprint density at radius 1 is 1.04 bits per heavy atom. The van der Waals surface area contributed by atoms with E-state index in [9.17, 15) is 14.7 Å². The van der Waals surface area contributed by atoms with E-state index in [4.69, 9.17) is 15.2 Å². The van der Waals surface area contributed by atoms with E-state index >= 15 is 4.79 Å². The molecule has 282 valence electrons. The molecular weight excluding hydrogens is 764 g/mol. The monoisotopic (exact) mass is 810 g/mol. The van der Waals surface area contributed by atoms with Gasteiger partial charge in [-0.1, -0.05) is 65.4 Å². The van der Waals surface area contributed by atoms with Crippen molar-refractivity contribution in [2.75, 3.05) is 36.2 Å². The molecule has 10 nitrogen and oxygen atoms in total. The molecule has 1 spiro atoms. The van der Waals surface area contributed by atoms with Crippen LogP contribution < -0.4 is 25.9 Å². The largest absolute Gasteiger partial charge is 0.497 e. The fraction of sp³-hybridized carbons (Fsp3) is 0.357. The van der Waals surface area contributed by atoms with Gasteiger partial charge in [0.15, 0.2) is 5.60 Å². The Morgan fingerprint density at radius 2 is 1.74 bits per heavy atom. The molecule has 54 heavy (non-hydrogen) atoms. The Morgan fingerprint density at radius 3 is 2.41 bits per heavy atom. The number of anilines is 3. The normalized spacial score (nSPS) is 23.6. The number of nitrogens with zero attached hydrogens (tertiary/aromatic N) is 2. The fourth-order valence-electron chi connectivity index (χ4n) is 9.00. The summed E-state index contributed by atoms with van der Waals surface area (Å²) in [6.45, 7) is 7.54. The van der Waals surface area contributed by atoms with E-state index in [1.807, 2.05) is 54.6 Å². The minimum Gasteiger partial charge on any atom is -0.497 e. The number of benzene rings is 4. The van der Waals surface area contributed by atoms with E-state index in [1.165, 1.54) is 5.19 Å². The Hall–Kier alpha value is -4.49. The van der Waals surface area contributed by atoms with E-state index in [-0.39, 0.29) is 54.8 Å². The quantitative estimate of drug-likeness (QED) is 0.124. The van der Waals surface area contributed by atoms with Gasteiger partial charge in [0, 0.05) is 39.4 Å². The first-order chi connectivity index (χ1) is 25.9. The molecule has 0 aromatic heterocycles. The summed E-state index contributed by atoms with van der Waals surface area (Å²) >= 11 is 3.68. The van der Waals surface area contributed by atoms with E-state index in [0.29, 0.717) is 23.5 Å². The number of carbonyl (C=O) groups excluding carboxylic acids is 3. The molecule has 4 N–H and O–H groups in total. The predicted octanol–water partition coefficient (Wildman–Crippen LogP) is 6.43. The number of ether oxygens (including phenoxy) is 2. The number of nitrogen functional groups attached to an aromatic ring is 1. The number of amides is 3. The lowest BCUT2D eigenvalue weighted by Gasteiger charge is -2.37. The summed E-state index contributed by atoms with van der Waals surface area (Å²) in [4.78, 5) is 45.6. The number of nitrogens with one attached hydrogen (secondary N) is 1. The van der Waals surface area contributed by atoms with Gasteiger partial charge in [0.1, 0.15) is 5.75 Å². The lowest BCUT2D eigenvalue weighted by atomic mass is 9.82. The first-order valence-electron chi connectivity index (χ1n) is 18.5. The number of nitrogens with two attached hydrogens (primary N) is 1. The van der Waals surface area contributed by atoms with Crippen molar-refractivity contribution in [2.45, 2.75) is 69.1 Å². The lowest BCUT2D eigenvalue weighted by Crippen LogP contribution is -2.52. The number of hydrogen-bond donors (Lipinski definition) is 3. The average molecular weight is 812 g/mol. The van der Waals surface area contributed by atoms with Gasteiger partial charge < -0.3 is 35.4 Å². The molecular formula is C42H47BrN4O6Si. The summed E-state index contributed by atoms with van der Waals surface area (Å²) in [5.41, 5.74) is 8.50. The minimum atomic E-state index is -2.47. The third kappa shape index (κ3) is 6.74. The maximum absolute atomic E-state index is 15.2. The van der Waals surface area contributed by atoms with Crippen molar-refractivity contribution < 1.29 is 29.0 Å². The van der Waals surface area contributed by atoms with Gasteiger partial charge in [-0.2, -0.15) is 0 Å². The highest BCUT2D eigenvalue weighted by molar-refractivity contribution is 9.10. The van der Waals surface area contributed by atoms with Gasteiger partial charge in [-0.25, -0.2) is 0 Å². The van der Waals surface area contributed by atoms with E-state index in [0.717, 1.165) is 39.9 Å². The van der Waals surface area contributed by atoms with Gasteiger partial charge in [0.25, 0.3) is 11.8 Å². The van der Waals surface area contributed by atoms with Crippen LogP contribution in [0.1, 0.15) is 47.7 Å². The molecule has 4 aromatic rings. The molecule has 0 radical (unpaired) electrons. The molecule has 2 saturated heterocycles. The van der Waals surface area contributed by atoms with Crippen molar-refractivity contribution >= 4 is 64.0 Å². The molecule has 3 heterocycles. The lowest BCUT2D eigenvalue weighted by molar-refractivity contribution is -0.150. The number of halogens is 1. The number of fused-ring (bicyclic) bond motifs is 2. The number of hydrogen-bond acceptors (Lipinski definition) is 7. The van der Waals surface area contributed by atoms with Gasteiger partial charge in [0.05, 0.1) is 52.6 Å². The van der Waals surface area contributed by atoms with E-state index < -0.39 is 19.8 Å². The zero-order valence-corrected chi connectivity index (χ0v) is 33.6. The molecule has 4 aromatic carbocycles. The first-order valence-corrected chi connectivity index (χ1v) is 22.3. The van der Waals surface area contributed by atoms with Crippen LogP contribution in [0.4, 0.5) is 17.1 Å². The second kappa shape index (κ2) is 15.0. The van der Waals surface area contributed by atoms with Crippen LogP contribution in [-0.2, 0) is 26.5 Å².